The Morgan fingerprint density at radius 3 is 2.55 bits per heavy atom. The van der Waals surface area contributed by atoms with Gasteiger partial charge in [0.1, 0.15) is 17.1 Å². The predicted molar refractivity (Wildman–Crippen MR) is 121 cm³/mol. The average Bonchev–Trinajstić information content (AvgIpc) is 2.62. The second kappa shape index (κ2) is 8.00. The minimum absolute atomic E-state index is 0.188. The first kappa shape index (κ1) is 20.8. The van der Waals surface area contributed by atoms with E-state index in [2.05, 4.69) is 45.9 Å². The Kier molecular flexibility index (Phi) is 5.75. The third-order valence-electron chi connectivity index (χ3n) is 8.19. The van der Waals surface area contributed by atoms with Gasteiger partial charge in [0.15, 0.2) is 0 Å². The molecule has 0 saturated heterocycles. The van der Waals surface area contributed by atoms with E-state index in [4.69, 9.17) is 4.74 Å². The molecule has 0 aromatic heterocycles. The summed E-state index contributed by atoms with van der Waals surface area (Å²) in [6.07, 6.45) is 16.2. The van der Waals surface area contributed by atoms with E-state index in [1.54, 1.807) is 0 Å². The highest BCUT2D eigenvalue weighted by Gasteiger charge is 2.47. The fraction of sp³-hybridized carbons (Fsp3) is 0.704. The van der Waals surface area contributed by atoms with Crippen LogP contribution in [0.3, 0.4) is 0 Å². The first-order chi connectivity index (χ1) is 13.9. The Morgan fingerprint density at radius 2 is 1.86 bits per heavy atom. The molecule has 1 heterocycles. The highest BCUT2D eigenvalue weighted by Crippen LogP contribution is 2.56. The van der Waals surface area contributed by atoms with Crippen LogP contribution in [0.15, 0.2) is 23.8 Å². The quantitative estimate of drug-likeness (QED) is 0.376. The number of ether oxygens (including phenoxy) is 1. The van der Waals surface area contributed by atoms with Crippen molar-refractivity contribution in [2.24, 2.45) is 5.92 Å². The van der Waals surface area contributed by atoms with Crippen LogP contribution in [0.2, 0.25) is 0 Å². The van der Waals surface area contributed by atoms with Gasteiger partial charge in [-0.1, -0.05) is 57.1 Å². The maximum atomic E-state index is 11.2. The van der Waals surface area contributed by atoms with E-state index < -0.39 is 0 Å². The summed E-state index contributed by atoms with van der Waals surface area (Å²) in [5.41, 5.74) is 3.93. The van der Waals surface area contributed by atoms with Gasteiger partial charge in [-0.15, -0.1) is 0 Å². The van der Waals surface area contributed by atoms with Gasteiger partial charge in [-0.2, -0.15) is 0 Å². The van der Waals surface area contributed by atoms with Crippen LogP contribution in [0.1, 0.15) is 115 Å². The minimum atomic E-state index is -0.188. The monoisotopic (exact) mass is 396 g/mol. The number of aromatic hydroxyl groups is 1. The second-order valence-electron chi connectivity index (χ2n) is 10.6. The highest BCUT2D eigenvalue weighted by molar-refractivity contribution is 5.54. The van der Waals surface area contributed by atoms with Crippen LogP contribution in [-0.4, -0.2) is 10.7 Å². The zero-order valence-corrected chi connectivity index (χ0v) is 19.0. The molecule has 160 valence electrons. The van der Waals surface area contributed by atoms with E-state index >= 15 is 0 Å². The molecule has 0 radical (unpaired) electrons. The SMILES string of the molecule is CCCCCCCC1(c2cc(O)c3c(c2)OC(C)(C)[C@@H]2CC=C(C)C[C@@H]32)CCC1. The Morgan fingerprint density at radius 1 is 1.10 bits per heavy atom. The van der Waals surface area contributed by atoms with Gasteiger partial charge in [-0.05, 0) is 76.0 Å². The van der Waals surface area contributed by atoms with E-state index in [-0.39, 0.29) is 11.0 Å². The Labute approximate surface area is 177 Å². The lowest BCUT2D eigenvalue weighted by atomic mass is 9.61. The van der Waals surface area contributed by atoms with Crippen molar-refractivity contribution in [1.29, 1.82) is 0 Å². The zero-order chi connectivity index (χ0) is 20.6. The zero-order valence-electron chi connectivity index (χ0n) is 19.0. The molecule has 0 bridgehead atoms. The number of hydrogen-bond donors (Lipinski definition) is 1. The lowest BCUT2D eigenvalue weighted by Gasteiger charge is -2.48. The third kappa shape index (κ3) is 3.84. The summed E-state index contributed by atoms with van der Waals surface area (Å²) < 4.78 is 6.58. The van der Waals surface area contributed by atoms with Gasteiger partial charge in [0, 0.05) is 17.4 Å². The van der Waals surface area contributed by atoms with Gasteiger partial charge in [0.05, 0.1) is 0 Å². The van der Waals surface area contributed by atoms with Gasteiger partial charge in [-0.25, -0.2) is 0 Å². The van der Waals surface area contributed by atoms with Crippen LogP contribution in [0.5, 0.6) is 11.5 Å². The molecule has 0 unspecified atom stereocenters. The predicted octanol–water partition coefficient (Wildman–Crippen LogP) is 7.79. The molecule has 2 nitrogen and oxygen atoms in total. The Hall–Kier alpha value is -1.44. The van der Waals surface area contributed by atoms with Crippen molar-refractivity contribution < 1.29 is 9.84 Å². The molecule has 2 heteroatoms. The number of allylic oxidation sites excluding steroid dienone is 2. The summed E-state index contributed by atoms with van der Waals surface area (Å²) in [4.78, 5) is 0. The second-order valence-corrected chi connectivity index (χ2v) is 10.6. The topological polar surface area (TPSA) is 29.5 Å². The summed E-state index contributed by atoms with van der Waals surface area (Å²) in [5, 5.41) is 11.2. The molecule has 1 saturated carbocycles. The molecule has 4 rings (SSSR count). The largest absolute Gasteiger partial charge is 0.508 e. The molecule has 0 spiro atoms. The highest BCUT2D eigenvalue weighted by atomic mass is 16.5. The fourth-order valence-corrected chi connectivity index (χ4v) is 6.22. The van der Waals surface area contributed by atoms with E-state index in [1.165, 1.54) is 68.9 Å². The Bertz CT molecular complexity index is 769. The number of phenolic OH excluding ortho intramolecular Hbond substituents is 1. The first-order valence-electron chi connectivity index (χ1n) is 12.1. The van der Waals surface area contributed by atoms with Crippen molar-refractivity contribution in [2.75, 3.05) is 0 Å². The van der Waals surface area contributed by atoms with Crippen molar-refractivity contribution in [3.8, 4) is 11.5 Å². The molecule has 1 aliphatic heterocycles. The van der Waals surface area contributed by atoms with Crippen molar-refractivity contribution in [2.45, 2.75) is 115 Å². The van der Waals surface area contributed by atoms with Gasteiger partial charge in [0.25, 0.3) is 0 Å². The lowest BCUT2D eigenvalue weighted by Crippen LogP contribution is -2.45. The molecule has 2 atom stereocenters. The number of hydrogen-bond acceptors (Lipinski definition) is 2. The fourth-order valence-electron chi connectivity index (χ4n) is 6.22. The number of benzene rings is 1. The van der Waals surface area contributed by atoms with Crippen LogP contribution in [0.25, 0.3) is 0 Å². The summed E-state index contributed by atoms with van der Waals surface area (Å²) >= 11 is 0. The molecule has 1 aromatic rings. The van der Waals surface area contributed by atoms with E-state index in [0.717, 1.165) is 24.2 Å². The van der Waals surface area contributed by atoms with E-state index in [1.807, 2.05) is 0 Å². The van der Waals surface area contributed by atoms with E-state index in [9.17, 15) is 5.11 Å². The summed E-state index contributed by atoms with van der Waals surface area (Å²) in [6, 6.07) is 4.42. The smallest absolute Gasteiger partial charge is 0.127 e. The van der Waals surface area contributed by atoms with Crippen LogP contribution < -0.4 is 4.74 Å². The normalized spacial score (nSPS) is 26.6. The van der Waals surface area contributed by atoms with Crippen LogP contribution in [-0.2, 0) is 5.41 Å². The van der Waals surface area contributed by atoms with E-state index in [0.29, 0.717) is 17.6 Å². The summed E-state index contributed by atoms with van der Waals surface area (Å²) in [6.45, 7) is 8.97. The van der Waals surface area contributed by atoms with Crippen molar-refractivity contribution in [3.63, 3.8) is 0 Å². The molecular formula is C27H40O2. The minimum Gasteiger partial charge on any atom is -0.508 e. The molecule has 0 amide bonds. The molecule has 1 fully saturated rings. The average molecular weight is 397 g/mol. The standard InChI is InChI=1S/C27H40O2/c1-5-6-7-8-9-13-27(14-10-15-27)20-17-23(28)25-21-16-19(2)11-12-22(21)26(3,4)29-24(25)18-20/h11,17-18,21-22,28H,5-10,12-16H2,1-4H3/t21-,22-/m1/s1. The van der Waals surface area contributed by atoms with Crippen LogP contribution in [0, 0.1) is 5.92 Å². The van der Waals surface area contributed by atoms with Crippen molar-refractivity contribution >= 4 is 0 Å². The third-order valence-corrected chi connectivity index (χ3v) is 8.19. The molecule has 29 heavy (non-hydrogen) atoms. The maximum Gasteiger partial charge on any atom is 0.127 e. The number of unbranched alkanes of at least 4 members (excludes halogenated alkanes) is 4. The number of rotatable bonds is 7. The number of fused-ring (bicyclic) bond motifs is 3. The molecule has 1 N–H and O–H groups in total. The molecule has 3 aliphatic rings. The van der Waals surface area contributed by atoms with Gasteiger partial charge < -0.3 is 9.84 Å². The number of phenols is 1. The maximum absolute atomic E-state index is 11.2. The van der Waals surface area contributed by atoms with Crippen molar-refractivity contribution in [3.05, 3.63) is 34.9 Å². The van der Waals surface area contributed by atoms with Crippen LogP contribution >= 0.6 is 0 Å². The molecule has 2 aliphatic carbocycles. The summed E-state index contributed by atoms with van der Waals surface area (Å²) in [5.74, 6) is 2.25. The molecule has 1 aromatic carbocycles. The van der Waals surface area contributed by atoms with Crippen LogP contribution in [0.4, 0.5) is 0 Å². The molecular weight excluding hydrogens is 356 g/mol. The Balaban J connectivity index is 1.62. The van der Waals surface area contributed by atoms with Gasteiger partial charge >= 0.3 is 0 Å². The van der Waals surface area contributed by atoms with Gasteiger partial charge in [-0.3, -0.25) is 0 Å². The first-order valence-corrected chi connectivity index (χ1v) is 12.1. The lowest BCUT2D eigenvalue weighted by molar-refractivity contribution is 0.00725. The van der Waals surface area contributed by atoms with Crippen molar-refractivity contribution in [1.82, 2.24) is 0 Å². The summed E-state index contributed by atoms with van der Waals surface area (Å²) in [7, 11) is 0. The van der Waals surface area contributed by atoms with Gasteiger partial charge in [0.2, 0.25) is 0 Å².